The molecule has 2 rings (SSSR count). The summed E-state index contributed by atoms with van der Waals surface area (Å²) in [6.45, 7) is 2.28. The first-order valence-electron chi connectivity index (χ1n) is 6.00. The summed E-state index contributed by atoms with van der Waals surface area (Å²) in [5, 5.41) is 11.8. The minimum Gasteiger partial charge on any atom is -0.351 e. The third-order valence-corrected chi connectivity index (χ3v) is 3.38. The minimum atomic E-state index is -0.868. The smallest absolute Gasteiger partial charge is 0.240 e. The maximum atomic E-state index is 13.0. The SMILES string of the molecule is CC1CC(C#N)(C(=O)NCc2cccc(F)c2)C1. The van der Waals surface area contributed by atoms with Crippen molar-refractivity contribution >= 4 is 5.91 Å². The van der Waals surface area contributed by atoms with E-state index in [9.17, 15) is 9.18 Å². The Morgan fingerprint density at radius 1 is 1.61 bits per heavy atom. The number of rotatable bonds is 3. The summed E-state index contributed by atoms with van der Waals surface area (Å²) in [5.41, 5.74) is -0.170. The normalized spacial score (nSPS) is 25.9. The van der Waals surface area contributed by atoms with Crippen molar-refractivity contribution in [1.82, 2.24) is 5.32 Å². The van der Waals surface area contributed by atoms with E-state index in [-0.39, 0.29) is 18.3 Å². The largest absolute Gasteiger partial charge is 0.351 e. The molecule has 1 aromatic carbocycles. The molecule has 0 bridgehead atoms. The zero-order valence-electron chi connectivity index (χ0n) is 10.2. The zero-order valence-corrected chi connectivity index (χ0v) is 10.2. The molecule has 0 unspecified atom stereocenters. The van der Waals surface area contributed by atoms with E-state index in [1.54, 1.807) is 12.1 Å². The van der Waals surface area contributed by atoms with Crippen LogP contribution < -0.4 is 5.32 Å². The minimum absolute atomic E-state index is 0.243. The van der Waals surface area contributed by atoms with E-state index in [0.717, 1.165) is 0 Å². The van der Waals surface area contributed by atoms with Crippen LogP contribution in [0.4, 0.5) is 4.39 Å². The summed E-state index contributed by atoms with van der Waals surface area (Å²) in [4.78, 5) is 12.0. The molecule has 0 radical (unpaired) electrons. The molecule has 0 aliphatic heterocycles. The van der Waals surface area contributed by atoms with E-state index >= 15 is 0 Å². The number of carbonyl (C=O) groups excluding carboxylic acids is 1. The lowest BCUT2D eigenvalue weighted by molar-refractivity contribution is -0.134. The predicted octanol–water partition coefficient (Wildman–Crippen LogP) is 2.38. The van der Waals surface area contributed by atoms with Crippen molar-refractivity contribution in [2.24, 2.45) is 11.3 Å². The van der Waals surface area contributed by atoms with Gasteiger partial charge in [0.15, 0.2) is 0 Å². The van der Waals surface area contributed by atoms with Crippen LogP contribution in [0.15, 0.2) is 24.3 Å². The molecule has 18 heavy (non-hydrogen) atoms. The maximum Gasteiger partial charge on any atom is 0.240 e. The highest BCUT2D eigenvalue weighted by Crippen LogP contribution is 2.45. The fourth-order valence-electron chi connectivity index (χ4n) is 2.46. The molecule has 0 saturated heterocycles. The van der Waals surface area contributed by atoms with E-state index in [4.69, 9.17) is 5.26 Å². The second-order valence-corrected chi connectivity index (χ2v) is 5.02. The highest BCUT2D eigenvalue weighted by Gasteiger charge is 2.48. The molecule has 3 nitrogen and oxygen atoms in total. The standard InChI is InChI=1S/C14H15FN2O/c1-10-6-14(7-10,9-16)13(18)17-8-11-3-2-4-12(15)5-11/h2-5,10H,6-8H2,1H3,(H,17,18). The van der Waals surface area contributed by atoms with Gasteiger partial charge in [0.25, 0.3) is 0 Å². The van der Waals surface area contributed by atoms with E-state index in [1.165, 1.54) is 12.1 Å². The Bertz CT molecular complexity index is 501. The lowest BCUT2D eigenvalue weighted by atomic mass is 9.63. The highest BCUT2D eigenvalue weighted by atomic mass is 19.1. The van der Waals surface area contributed by atoms with Crippen molar-refractivity contribution in [2.45, 2.75) is 26.3 Å². The Kier molecular flexibility index (Phi) is 3.33. The molecular formula is C14H15FN2O. The van der Waals surface area contributed by atoms with Gasteiger partial charge in [0.05, 0.1) is 6.07 Å². The fourth-order valence-corrected chi connectivity index (χ4v) is 2.46. The Hall–Kier alpha value is -1.89. The fraction of sp³-hybridized carbons (Fsp3) is 0.429. The summed E-state index contributed by atoms with van der Waals surface area (Å²) in [6, 6.07) is 8.18. The zero-order chi connectivity index (χ0) is 13.2. The third-order valence-electron chi connectivity index (χ3n) is 3.38. The van der Waals surface area contributed by atoms with Gasteiger partial charge < -0.3 is 5.32 Å². The van der Waals surface area contributed by atoms with Gasteiger partial charge in [-0.3, -0.25) is 4.79 Å². The van der Waals surface area contributed by atoms with Gasteiger partial charge in [-0.1, -0.05) is 19.1 Å². The Labute approximate surface area is 106 Å². The van der Waals surface area contributed by atoms with Crippen LogP contribution in [0.1, 0.15) is 25.3 Å². The van der Waals surface area contributed by atoms with Gasteiger partial charge in [-0.15, -0.1) is 0 Å². The van der Waals surface area contributed by atoms with Gasteiger partial charge in [-0.2, -0.15) is 5.26 Å². The van der Waals surface area contributed by atoms with Gasteiger partial charge in [0, 0.05) is 6.54 Å². The lowest BCUT2D eigenvalue weighted by Gasteiger charge is -2.39. The summed E-state index contributed by atoms with van der Waals surface area (Å²) >= 11 is 0. The van der Waals surface area contributed by atoms with Gasteiger partial charge in [-0.25, -0.2) is 4.39 Å². The first-order chi connectivity index (χ1) is 8.55. The van der Waals surface area contributed by atoms with Crippen LogP contribution in [0.3, 0.4) is 0 Å². The van der Waals surface area contributed by atoms with Crippen LogP contribution in [0, 0.1) is 28.5 Å². The molecule has 0 atom stereocenters. The second-order valence-electron chi connectivity index (χ2n) is 5.02. The van der Waals surface area contributed by atoms with Crippen molar-refractivity contribution in [2.75, 3.05) is 0 Å². The number of benzene rings is 1. The molecule has 0 heterocycles. The Morgan fingerprint density at radius 2 is 2.33 bits per heavy atom. The number of amides is 1. The van der Waals surface area contributed by atoms with Gasteiger partial charge in [0.1, 0.15) is 11.2 Å². The number of nitrogens with one attached hydrogen (secondary N) is 1. The predicted molar refractivity (Wildman–Crippen MR) is 64.7 cm³/mol. The molecule has 4 heteroatoms. The van der Waals surface area contributed by atoms with Crippen molar-refractivity contribution in [3.63, 3.8) is 0 Å². The monoisotopic (exact) mass is 246 g/mol. The Balaban J connectivity index is 1.95. The van der Waals surface area contributed by atoms with Crippen LogP contribution in [0.25, 0.3) is 0 Å². The van der Waals surface area contributed by atoms with Gasteiger partial charge in [-0.05, 0) is 36.5 Å². The van der Waals surface area contributed by atoms with Crippen LogP contribution in [-0.4, -0.2) is 5.91 Å². The molecule has 1 fully saturated rings. The average molecular weight is 246 g/mol. The number of halogens is 1. The van der Waals surface area contributed by atoms with E-state index in [2.05, 4.69) is 11.4 Å². The maximum absolute atomic E-state index is 13.0. The molecule has 1 amide bonds. The summed E-state index contributed by atoms with van der Waals surface area (Å²) < 4.78 is 13.0. The number of hydrogen-bond acceptors (Lipinski definition) is 2. The molecular weight excluding hydrogens is 231 g/mol. The highest BCUT2D eigenvalue weighted by molar-refractivity contribution is 5.86. The van der Waals surface area contributed by atoms with Crippen molar-refractivity contribution in [1.29, 1.82) is 5.26 Å². The first-order valence-corrected chi connectivity index (χ1v) is 6.00. The van der Waals surface area contributed by atoms with Crippen molar-refractivity contribution < 1.29 is 9.18 Å². The topological polar surface area (TPSA) is 52.9 Å². The molecule has 94 valence electrons. The lowest BCUT2D eigenvalue weighted by Crippen LogP contribution is -2.47. The summed E-state index contributed by atoms with van der Waals surface area (Å²) in [5.74, 6) is -0.147. The average Bonchev–Trinajstić information content (AvgIpc) is 2.32. The molecule has 1 aliphatic carbocycles. The van der Waals surface area contributed by atoms with Gasteiger partial charge in [0.2, 0.25) is 5.91 Å². The quantitative estimate of drug-likeness (QED) is 0.890. The molecule has 0 spiro atoms. The molecule has 1 aliphatic rings. The summed E-state index contributed by atoms with van der Waals surface area (Å²) in [6.07, 6.45) is 1.22. The third kappa shape index (κ3) is 2.35. The second kappa shape index (κ2) is 4.77. The van der Waals surface area contributed by atoms with Crippen LogP contribution in [0.2, 0.25) is 0 Å². The molecule has 1 aromatic rings. The molecule has 1 saturated carbocycles. The number of nitrogens with zero attached hydrogens (tertiary/aromatic N) is 1. The first kappa shape index (κ1) is 12.6. The number of hydrogen-bond donors (Lipinski definition) is 1. The van der Waals surface area contributed by atoms with Crippen LogP contribution in [0.5, 0.6) is 0 Å². The van der Waals surface area contributed by atoms with Crippen molar-refractivity contribution in [3.05, 3.63) is 35.6 Å². The van der Waals surface area contributed by atoms with Gasteiger partial charge >= 0.3 is 0 Å². The number of nitriles is 1. The Morgan fingerprint density at radius 3 is 2.89 bits per heavy atom. The summed E-state index contributed by atoms with van der Waals surface area (Å²) in [7, 11) is 0. The van der Waals surface area contributed by atoms with E-state index in [0.29, 0.717) is 24.3 Å². The molecule has 1 N–H and O–H groups in total. The van der Waals surface area contributed by atoms with E-state index < -0.39 is 5.41 Å². The van der Waals surface area contributed by atoms with E-state index in [1.807, 2.05) is 6.92 Å². The van der Waals surface area contributed by atoms with Crippen LogP contribution >= 0.6 is 0 Å². The number of carbonyl (C=O) groups is 1. The van der Waals surface area contributed by atoms with Crippen LogP contribution in [-0.2, 0) is 11.3 Å². The van der Waals surface area contributed by atoms with Crippen molar-refractivity contribution in [3.8, 4) is 6.07 Å². The molecule has 0 aromatic heterocycles.